The first-order chi connectivity index (χ1) is 7.99. The van der Waals surface area contributed by atoms with Crippen LogP contribution in [0.4, 0.5) is 10.9 Å². The van der Waals surface area contributed by atoms with Crippen molar-refractivity contribution in [2.24, 2.45) is 0 Å². The number of hydrogen-bond acceptors (Lipinski definition) is 6. The van der Waals surface area contributed by atoms with Gasteiger partial charge in [-0.3, -0.25) is 4.79 Å². The fourth-order valence-corrected chi connectivity index (χ4v) is 2.61. The lowest BCUT2D eigenvalue weighted by atomic mass is 10.3. The fraction of sp³-hybridized carbons (Fsp3) is 0.600. The van der Waals surface area contributed by atoms with Crippen molar-refractivity contribution >= 4 is 28.2 Å². The van der Waals surface area contributed by atoms with E-state index in [0.717, 1.165) is 0 Å². The summed E-state index contributed by atoms with van der Waals surface area (Å²) in [5.74, 6) is 0.134. The highest BCUT2D eigenvalue weighted by molar-refractivity contribution is 7.18. The quantitative estimate of drug-likeness (QED) is 0.778. The topological polar surface area (TPSA) is 82.7 Å². The van der Waals surface area contributed by atoms with Crippen molar-refractivity contribution in [3.8, 4) is 0 Å². The number of amides is 1. The third-order valence-corrected chi connectivity index (χ3v) is 3.90. The van der Waals surface area contributed by atoms with E-state index in [4.69, 9.17) is 5.73 Å². The molecule has 1 aliphatic heterocycles. The summed E-state index contributed by atoms with van der Waals surface area (Å²) in [6.07, 6.45) is 0.215. The number of carbonyl (C=O) groups is 1. The zero-order valence-corrected chi connectivity index (χ0v) is 10.7. The second-order valence-corrected chi connectivity index (χ2v) is 5.28. The highest BCUT2D eigenvalue weighted by Crippen LogP contribution is 2.28. The lowest BCUT2D eigenvalue weighted by Gasteiger charge is -2.14. The average Bonchev–Trinajstić information content (AvgIpc) is 2.84. The van der Waals surface area contributed by atoms with Crippen LogP contribution in [0.15, 0.2) is 0 Å². The molecule has 1 saturated heterocycles. The number of aliphatic hydroxyl groups excluding tert-OH is 1. The van der Waals surface area contributed by atoms with Crippen molar-refractivity contribution in [1.29, 1.82) is 0 Å². The summed E-state index contributed by atoms with van der Waals surface area (Å²) in [7, 11) is 3.71. The van der Waals surface area contributed by atoms with Gasteiger partial charge in [0.05, 0.1) is 6.10 Å². The molecule has 0 radical (unpaired) electrons. The first kappa shape index (κ1) is 12.1. The van der Waals surface area contributed by atoms with E-state index >= 15 is 0 Å². The van der Waals surface area contributed by atoms with Gasteiger partial charge in [0.25, 0.3) is 5.91 Å². The lowest BCUT2D eigenvalue weighted by Crippen LogP contribution is -2.29. The number of aliphatic hydroxyl groups is 1. The van der Waals surface area contributed by atoms with Crippen LogP contribution in [0.1, 0.15) is 16.1 Å². The molecule has 3 N–H and O–H groups in total. The number of carbonyl (C=O) groups excluding carboxylic acids is 1. The number of β-amino-alcohol motifs (C(OH)–C–C–N with tert-alkyl or cyclic N) is 1. The molecule has 7 heteroatoms. The van der Waals surface area contributed by atoms with Crippen LogP contribution < -0.4 is 10.6 Å². The molecular formula is C10H16N4O2S. The van der Waals surface area contributed by atoms with Gasteiger partial charge in [0.2, 0.25) is 0 Å². The number of nitrogens with zero attached hydrogens (tertiary/aromatic N) is 3. The van der Waals surface area contributed by atoms with E-state index in [1.807, 2.05) is 19.0 Å². The molecule has 17 heavy (non-hydrogen) atoms. The maximum absolute atomic E-state index is 12.1. The van der Waals surface area contributed by atoms with Gasteiger partial charge in [0.1, 0.15) is 10.7 Å². The SMILES string of the molecule is CN(C)c1nc(N)c(C(=O)N2CCC(O)C2)s1. The van der Waals surface area contributed by atoms with Gasteiger partial charge in [-0.2, -0.15) is 0 Å². The van der Waals surface area contributed by atoms with E-state index in [1.54, 1.807) is 4.90 Å². The minimum Gasteiger partial charge on any atom is -0.391 e. The van der Waals surface area contributed by atoms with Gasteiger partial charge in [0, 0.05) is 27.2 Å². The molecule has 0 bridgehead atoms. The Morgan fingerprint density at radius 1 is 1.65 bits per heavy atom. The number of thiazole rings is 1. The first-order valence-corrected chi connectivity index (χ1v) is 6.21. The van der Waals surface area contributed by atoms with E-state index in [0.29, 0.717) is 29.5 Å². The number of anilines is 2. The number of rotatable bonds is 2. The summed E-state index contributed by atoms with van der Waals surface area (Å²) in [5.41, 5.74) is 5.74. The summed E-state index contributed by atoms with van der Waals surface area (Å²) >= 11 is 1.28. The third-order valence-electron chi connectivity index (χ3n) is 2.67. The molecule has 6 nitrogen and oxygen atoms in total. The van der Waals surface area contributed by atoms with Gasteiger partial charge in [0.15, 0.2) is 5.13 Å². The molecule has 1 fully saturated rings. The highest BCUT2D eigenvalue weighted by atomic mass is 32.1. The van der Waals surface area contributed by atoms with Crippen LogP contribution >= 0.6 is 11.3 Å². The molecule has 2 heterocycles. The van der Waals surface area contributed by atoms with Crippen LogP contribution in [0.25, 0.3) is 0 Å². The lowest BCUT2D eigenvalue weighted by molar-refractivity contribution is 0.0770. The number of nitrogen functional groups attached to an aromatic ring is 1. The molecular weight excluding hydrogens is 240 g/mol. The van der Waals surface area contributed by atoms with E-state index in [-0.39, 0.29) is 11.7 Å². The van der Waals surface area contributed by atoms with E-state index in [1.165, 1.54) is 11.3 Å². The van der Waals surface area contributed by atoms with Crippen molar-refractivity contribution in [1.82, 2.24) is 9.88 Å². The molecule has 0 aromatic carbocycles. The zero-order valence-electron chi connectivity index (χ0n) is 9.88. The van der Waals surface area contributed by atoms with Crippen LogP contribution in [0, 0.1) is 0 Å². The van der Waals surface area contributed by atoms with Crippen LogP contribution in [-0.2, 0) is 0 Å². The van der Waals surface area contributed by atoms with Crippen LogP contribution in [-0.4, -0.2) is 54.2 Å². The second kappa shape index (κ2) is 4.50. The highest BCUT2D eigenvalue weighted by Gasteiger charge is 2.28. The Morgan fingerprint density at radius 3 is 2.82 bits per heavy atom. The Hall–Kier alpha value is -1.34. The minimum absolute atomic E-state index is 0.135. The molecule has 0 aliphatic carbocycles. The minimum atomic E-state index is -0.415. The molecule has 1 amide bonds. The molecule has 0 spiro atoms. The maximum atomic E-state index is 12.1. The third kappa shape index (κ3) is 2.34. The summed E-state index contributed by atoms with van der Waals surface area (Å²) in [6.45, 7) is 0.960. The molecule has 1 aromatic rings. The number of nitrogens with two attached hydrogens (primary N) is 1. The van der Waals surface area contributed by atoms with Crippen molar-refractivity contribution in [2.45, 2.75) is 12.5 Å². The van der Waals surface area contributed by atoms with Crippen molar-refractivity contribution < 1.29 is 9.90 Å². The Labute approximate surface area is 104 Å². The Kier molecular flexibility index (Phi) is 3.21. The van der Waals surface area contributed by atoms with Crippen LogP contribution in [0.3, 0.4) is 0 Å². The number of likely N-dealkylation sites (tertiary alicyclic amines) is 1. The Balaban J connectivity index is 2.19. The second-order valence-electron chi connectivity index (χ2n) is 4.30. The number of hydrogen-bond donors (Lipinski definition) is 2. The van der Waals surface area contributed by atoms with E-state index in [9.17, 15) is 9.90 Å². The molecule has 2 rings (SSSR count). The molecule has 94 valence electrons. The predicted molar refractivity (Wildman–Crippen MR) is 67.4 cm³/mol. The summed E-state index contributed by atoms with van der Waals surface area (Å²) in [6, 6.07) is 0. The fourth-order valence-electron chi connectivity index (χ4n) is 1.73. The monoisotopic (exact) mass is 256 g/mol. The smallest absolute Gasteiger partial charge is 0.267 e. The summed E-state index contributed by atoms with van der Waals surface area (Å²) in [5, 5.41) is 10.1. The van der Waals surface area contributed by atoms with Gasteiger partial charge in [-0.25, -0.2) is 4.98 Å². The average molecular weight is 256 g/mol. The van der Waals surface area contributed by atoms with E-state index in [2.05, 4.69) is 4.98 Å². The van der Waals surface area contributed by atoms with Gasteiger partial charge >= 0.3 is 0 Å². The van der Waals surface area contributed by atoms with Gasteiger partial charge in [-0.05, 0) is 6.42 Å². The van der Waals surface area contributed by atoms with Crippen molar-refractivity contribution in [3.05, 3.63) is 4.88 Å². The Bertz CT molecular complexity index is 432. The van der Waals surface area contributed by atoms with Crippen LogP contribution in [0.2, 0.25) is 0 Å². The van der Waals surface area contributed by atoms with Crippen LogP contribution in [0.5, 0.6) is 0 Å². The standard InChI is InChI=1S/C10H16N4O2S/c1-13(2)10-12-8(11)7(17-10)9(16)14-4-3-6(15)5-14/h6,15H,3-5,11H2,1-2H3. The van der Waals surface area contributed by atoms with Crippen molar-refractivity contribution in [3.63, 3.8) is 0 Å². The summed E-state index contributed by atoms with van der Waals surface area (Å²) < 4.78 is 0. The molecule has 1 atom stereocenters. The molecule has 1 aliphatic rings. The molecule has 1 unspecified atom stereocenters. The molecule has 0 saturated carbocycles. The predicted octanol–water partition coefficient (Wildman–Crippen LogP) is -0.00190. The van der Waals surface area contributed by atoms with Gasteiger partial charge < -0.3 is 20.6 Å². The normalized spacial score (nSPS) is 19.7. The van der Waals surface area contributed by atoms with E-state index < -0.39 is 6.10 Å². The summed E-state index contributed by atoms with van der Waals surface area (Å²) in [4.78, 5) is 20.2. The maximum Gasteiger partial charge on any atom is 0.267 e. The van der Waals surface area contributed by atoms with Gasteiger partial charge in [-0.15, -0.1) is 0 Å². The first-order valence-electron chi connectivity index (χ1n) is 5.40. The largest absolute Gasteiger partial charge is 0.391 e. The Morgan fingerprint density at radius 2 is 2.35 bits per heavy atom. The van der Waals surface area contributed by atoms with Gasteiger partial charge in [-0.1, -0.05) is 11.3 Å². The zero-order chi connectivity index (χ0) is 12.6. The molecule has 1 aromatic heterocycles. The van der Waals surface area contributed by atoms with Crippen molar-refractivity contribution in [2.75, 3.05) is 37.8 Å². The number of aromatic nitrogens is 1.